The monoisotopic (exact) mass is 421 g/mol. The zero-order valence-corrected chi connectivity index (χ0v) is 17.7. The number of hydrogen-bond donors (Lipinski definition) is 2. The highest BCUT2D eigenvalue weighted by molar-refractivity contribution is 6.32. The van der Waals surface area contributed by atoms with Crippen molar-refractivity contribution in [2.24, 2.45) is 0 Å². The minimum atomic E-state index is -0.358. The number of carbonyl (C=O) groups excluding carboxylic acids is 1. The molecule has 0 bridgehead atoms. The van der Waals surface area contributed by atoms with Gasteiger partial charge in [-0.05, 0) is 36.6 Å². The van der Waals surface area contributed by atoms with Crippen molar-refractivity contribution in [1.29, 1.82) is 0 Å². The topological polar surface area (TPSA) is 54.9 Å². The maximum atomic E-state index is 13.3. The lowest BCUT2D eigenvalue weighted by molar-refractivity contribution is -0.723. The van der Waals surface area contributed by atoms with Gasteiger partial charge in [0, 0.05) is 23.2 Å². The molecule has 154 valence electrons. The first-order chi connectivity index (χ1) is 14.7. The van der Waals surface area contributed by atoms with Crippen LogP contribution in [0.4, 0.5) is 5.69 Å². The molecule has 3 N–H and O–H groups in total. The van der Waals surface area contributed by atoms with Gasteiger partial charge in [-0.15, -0.1) is 0 Å². The zero-order chi connectivity index (χ0) is 20.9. The van der Waals surface area contributed by atoms with Gasteiger partial charge in [0.25, 0.3) is 5.91 Å². The van der Waals surface area contributed by atoms with E-state index in [0.717, 1.165) is 24.8 Å². The van der Waals surface area contributed by atoms with Gasteiger partial charge in [-0.25, -0.2) is 0 Å². The van der Waals surface area contributed by atoms with Gasteiger partial charge in [0.05, 0.1) is 12.1 Å². The molecule has 3 aromatic rings. The Labute approximate surface area is 182 Å². The van der Waals surface area contributed by atoms with Gasteiger partial charge in [-0.1, -0.05) is 66.2 Å². The Kier molecular flexibility index (Phi) is 6.36. The van der Waals surface area contributed by atoms with E-state index in [1.165, 1.54) is 11.1 Å². The molecule has 2 atom stereocenters. The van der Waals surface area contributed by atoms with Crippen LogP contribution in [0.25, 0.3) is 0 Å². The molecule has 1 aliphatic rings. The summed E-state index contributed by atoms with van der Waals surface area (Å²) in [5, 5.41) is 5.71. The molecule has 4 nitrogen and oxygen atoms in total. The van der Waals surface area contributed by atoms with Crippen molar-refractivity contribution in [3.8, 4) is 5.75 Å². The first-order valence-corrected chi connectivity index (χ1v) is 10.7. The van der Waals surface area contributed by atoms with Crippen LogP contribution < -0.4 is 15.4 Å². The number of nitrogens with two attached hydrogens (primary N) is 1. The van der Waals surface area contributed by atoms with Crippen LogP contribution in [0.5, 0.6) is 5.75 Å². The fourth-order valence-corrected chi connectivity index (χ4v) is 4.46. The molecule has 0 heterocycles. The molecule has 0 aromatic heterocycles. The van der Waals surface area contributed by atoms with Gasteiger partial charge in [0.2, 0.25) is 0 Å². The number of quaternary nitrogens is 1. The molecule has 0 saturated carbocycles. The van der Waals surface area contributed by atoms with Crippen LogP contribution >= 0.6 is 11.6 Å². The van der Waals surface area contributed by atoms with Gasteiger partial charge in [-0.3, -0.25) is 4.79 Å². The molecule has 1 aliphatic carbocycles. The number of ether oxygens (including phenoxy) is 1. The predicted molar refractivity (Wildman–Crippen MR) is 120 cm³/mol. The number of amides is 1. The average molecular weight is 422 g/mol. The van der Waals surface area contributed by atoms with Crippen molar-refractivity contribution in [2.45, 2.75) is 31.3 Å². The van der Waals surface area contributed by atoms with E-state index in [0.29, 0.717) is 16.5 Å². The first-order valence-electron chi connectivity index (χ1n) is 10.3. The molecule has 0 fully saturated rings. The van der Waals surface area contributed by atoms with Gasteiger partial charge in [-0.2, -0.15) is 0 Å². The average Bonchev–Trinajstić information content (AvgIpc) is 2.78. The molecule has 3 aromatic carbocycles. The molecule has 1 amide bonds. The molecular weight excluding hydrogens is 396 g/mol. The predicted octanol–water partition coefficient (Wildman–Crippen LogP) is 4.67. The number of benzene rings is 3. The van der Waals surface area contributed by atoms with Crippen LogP contribution in [0.3, 0.4) is 0 Å². The van der Waals surface area contributed by atoms with E-state index < -0.39 is 0 Å². The second-order valence-corrected chi connectivity index (χ2v) is 8.02. The second kappa shape index (κ2) is 9.33. The maximum Gasteiger partial charge on any atom is 0.287 e. The van der Waals surface area contributed by atoms with E-state index in [9.17, 15) is 4.79 Å². The molecule has 0 radical (unpaired) electrons. The number of halogens is 1. The molecule has 0 spiro atoms. The van der Waals surface area contributed by atoms with E-state index in [1.54, 1.807) is 25.3 Å². The number of hydrogen-bond acceptors (Lipinski definition) is 2. The molecule has 0 saturated heterocycles. The van der Waals surface area contributed by atoms with Crippen molar-refractivity contribution in [3.63, 3.8) is 0 Å². The van der Waals surface area contributed by atoms with E-state index in [-0.39, 0.29) is 18.0 Å². The van der Waals surface area contributed by atoms with Crippen molar-refractivity contribution in [1.82, 2.24) is 0 Å². The van der Waals surface area contributed by atoms with Crippen LogP contribution in [0, 0.1) is 0 Å². The van der Waals surface area contributed by atoms with Crippen molar-refractivity contribution in [2.75, 3.05) is 12.4 Å². The molecule has 0 unspecified atom stereocenters. The Morgan fingerprint density at radius 1 is 1.10 bits per heavy atom. The molecule has 5 heteroatoms. The quantitative estimate of drug-likeness (QED) is 0.607. The van der Waals surface area contributed by atoms with Crippen LogP contribution in [0.2, 0.25) is 5.02 Å². The highest BCUT2D eigenvalue weighted by Crippen LogP contribution is 2.29. The Bertz CT molecular complexity index is 1020. The van der Waals surface area contributed by atoms with Gasteiger partial charge < -0.3 is 15.4 Å². The zero-order valence-electron chi connectivity index (χ0n) is 17.0. The van der Waals surface area contributed by atoms with Gasteiger partial charge in [0.15, 0.2) is 6.04 Å². The largest absolute Gasteiger partial charge is 0.495 e. The van der Waals surface area contributed by atoms with Crippen LogP contribution in [0.1, 0.15) is 41.6 Å². The normalized spacial score (nSPS) is 16.4. The van der Waals surface area contributed by atoms with Crippen molar-refractivity contribution >= 4 is 23.2 Å². The minimum absolute atomic E-state index is 0.0644. The summed E-state index contributed by atoms with van der Waals surface area (Å²) in [4.78, 5) is 13.3. The highest BCUT2D eigenvalue weighted by Gasteiger charge is 2.31. The summed E-state index contributed by atoms with van der Waals surface area (Å²) < 4.78 is 5.20. The summed E-state index contributed by atoms with van der Waals surface area (Å²) >= 11 is 6.24. The molecular formula is C25H26ClN2O2+. The second-order valence-electron chi connectivity index (χ2n) is 7.62. The van der Waals surface area contributed by atoms with Crippen LogP contribution in [-0.2, 0) is 11.2 Å². The third kappa shape index (κ3) is 4.50. The standard InChI is InChI=1S/C25H25ClN2O2/c1-30-23-15-14-19(16-21(23)26)27-25(29)24(18-9-3-2-4-10-18)28-22-13-7-11-17-8-5-6-12-20(17)22/h2-6,8-10,12,14-16,22,24,28H,7,11,13H2,1H3,(H,27,29)/p+1/t22-,24+/m0/s1. The summed E-state index contributed by atoms with van der Waals surface area (Å²) in [6, 6.07) is 23.7. The smallest absolute Gasteiger partial charge is 0.287 e. The number of anilines is 1. The number of aryl methyl sites for hydroxylation is 1. The summed E-state index contributed by atoms with van der Waals surface area (Å²) in [6.45, 7) is 0. The number of nitrogens with one attached hydrogen (secondary N) is 1. The highest BCUT2D eigenvalue weighted by atomic mass is 35.5. The van der Waals surface area contributed by atoms with Crippen molar-refractivity contribution < 1.29 is 14.8 Å². The lowest BCUT2D eigenvalue weighted by atomic mass is 9.87. The molecule has 0 aliphatic heterocycles. The summed E-state index contributed by atoms with van der Waals surface area (Å²) in [5.74, 6) is 0.519. The third-order valence-electron chi connectivity index (χ3n) is 5.70. The minimum Gasteiger partial charge on any atom is -0.495 e. The van der Waals surface area contributed by atoms with Gasteiger partial charge >= 0.3 is 0 Å². The third-order valence-corrected chi connectivity index (χ3v) is 6.00. The molecule has 4 rings (SSSR count). The van der Waals surface area contributed by atoms with Gasteiger partial charge in [0.1, 0.15) is 11.8 Å². The van der Waals surface area contributed by atoms with E-state index in [4.69, 9.17) is 16.3 Å². The SMILES string of the molecule is COc1ccc(NC(=O)[C@H]([NH2+][C@H]2CCCc3ccccc32)c2ccccc2)cc1Cl. The summed E-state index contributed by atoms with van der Waals surface area (Å²) in [7, 11) is 1.57. The van der Waals surface area contributed by atoms with Crippen LogP contribution in [-0.4, -0.2) is 13.0 Å². The van der Waals surface area contributed by atoms with Crippen molar-refractivity contribution in [3.05, 3.63) is 94.5 Å². The van der Waals surface area contributed by atoms with E-state index in [1.807, 2.05) is 30.3 Å². The Morgan fingerprint density at radius 2 is 1.87 bits per heavy atom. The Balaban J connectivity index is 1.59. The number of fused-ring (bicyclic) bond motifs is 1. The van der Waals surface area contributed by atoms with Crippen LogP contribution in [0.15, 0.2) is 72.8 Å². The van der Waals surface area contributed by atoms with E-state index in [2.05, 4.69) is 34.9 Å². The van der Waals surface area contributed by atoms with E-state index >= 15 is 0 Å². The first kappa shape index (κ1) is 20.5. The number of methoxy groups -OCH3 is 1. The molecule has 30 heavy (non-hydrogen) atoms. The summed E-state index contributed by atoms with van der Waals surface area (Å²) in [6.07, 6.45) is 3.30. The fraction of sp³-hybridized carbons (Fsp3) is 0.240. The Hall–Kier alpha value is -2.82. The fourth-order valence-electron chi connectivity index (χ4n) is 4.20. The number of rotatable bonds is 6. The summed E-state index contributed by atoms with van der Waals surface area (Å²) in [5.41, 5.74) is 4.37. The lowest BCUT2D eigenvalue weighted by Crippen LogP contribution is -2.88. The Morgan fingerprint density at radius 3 is 2.63 bits per heavy atom. The number of carbonyl (C=O) groups is 1. The lowest BCUT2D eigenvalue weighted by Gasteiger charge is -2.27. The maximum absolute atomic E-state index is 13.3.